The largest absolute Gasteiger partial charge is 0.382 e. The molecule has 1 amide bonds. The first-order chi connectivity index (χ1) is 17.9. The van der Waals surface area contributed by atoms with Gasteiger partial charge in [-0.05, 0) is 67.9 Å². The Bertz CT molecular complexity index is 1320. The van der Waals surface area contributed by atoms with E-state index >= 15 is 0 Å². The van der Waals surface area contributed by atoms with Gasteiger partial charge in [-0.25, -0.2) is 4.98 Å². The molecule has 1 aromatic heterocycles. The van der Waals surface area contributed by atoms with Gasteiger partial charge in [0.2, 0.25) is 11.9 Å². The highest BCUT2D eigenvalue weighted by Gasteiger charge is 2.27. The van der Waals surface area contributed by atoms with E-state index in [0.29, 0.717) is 34.8 Å². The molecule has 0 fully saturated rings. The molecule has 10 heteroatoms. The monoisotopic (exact) mass is 636 g/mol. The Morgan fingerprint density at radius 3 is 2.54 bits per heavy atom. The molecule has 0 aliphatic rings. The minimum Gasteiger partial charge on any atom is -0.382 e. The van der Waals surface area contributed by atoms with Gasteiger partial charge >= 0.3 is 3.26 Å². The van der Waals surface area contributed by atoms with Crippen molar-refractivity contribution in [3.05, 3.63) is 90.0 Å². The minimum absolute atomic E-state index is 0.0524. The fraction of sp³-hybridized carbons (Fsp3) is 0.222. The lowest BCUT2D eigenvalue weighted by Crippen LogP contribution is -2.33. The number of carbonyl (C=O) groups excluding carboxylic acids is 1. The van der Waals surface area contributed by atoms with E-state index in [1.807, 2.05) is 60.7 Å². The number of nitrogens with one attached hydrogen (secondary N) is 3. The van der Waals surface area contributed by atoms with Crippen LogP contribution in [0.2, 0.25) is 0 Å². The topological polar surface area (TPSA) is 79.0 Å². The molecule has 1 unspecified atom stereocenters. The summed E-state index contributed by atoms with van der Waals surface area (Å²) in [5.74, 6) is 0.272. The predicted molar refractivity (Wildman–Crippen MR) is 155 cm³/mol. The molecular formula is C27H27F2IN4O2S. The molecule has 3 N–H and O–H groups in total. The zero-order chi connectivity index (χ0) is 26.3. The number of aromatic nitrogens is 2. The summed E-state index contributed by atoms with van der Waals surface area (Å²) in [6, 6.07) is 23.2. The molecule has 0 saturated heterocycles. The Morgan fingerprint density at radius 2 is 1.81 bits per heavy atom. The first kappa shape index (κ1) is 27.2. The third kappa shape index (κ3) is 7.59. The fourth-order valence-corrected chi connectivity index (χ4v) is 5.80. The number of thioether (sulfide) groups is 1. The summed E-state index contributed by atoms with van der Waals surface area (Å²) >= 11 is -1.02. The molecule has 4 rings (SSSR count). The van der Waals surface area contributed by atoms with Gasteiger partial charge in [-0.2, -0.15) is 8.78 Å². The molecule has 3 aromatic carbocycles. The number of nitrogens with zero attached hydrogens (tertiary/aromatic N) is 1. The standard InChI is InChI=1S/C27H27F2IN4O2S/c1-30-27(28,29)37-20-12-8-11-19(15-20)23(34-26-32-21-13-6-7-14-22(21)33-26)16-25(35)31-24(17-36-2)18-9-4-3-5-10-18/h3-15,23-24H,1,16-17H2,2H3,(H,31,35)(H2,32,33,34)/t23?,24-/m0/s1. The zero-order valence-corrected chi connectivity index (χ0v) is 23.1. The quantitative estimate of drug-likeness (QED) is 0.0922. The van der Waals surface area contributed by atoms with Crippen molar-refractivity contribution in [2.75, 3.05) is 19.0 Å². The van der Waals surface area contributed by atoms with E-state index in [9.17, 15) is 13.6 Å². The van der Waals surface area contributed by atoms with Gasteiger partial charge in [-0.15, -0.1) is 0 Å². The van der Waals surface area contributed by atoms with Crippen LogP contribution in [-0.4, -0.2) is 37.4 Å². The maximum absolute atomic E-state index is 14.1. The van der Waals surface area contributed by atoms with Crippen LogP contribution in [-0.2, 0) is 9.53 Å². The van der Waals surface area contributed by atoms with Crippen LogP contribution in [0.5, 0.6) is 0 Å². The van der Waals surface area contributed by atoms with Gasteiger partial charge in [-0.3, -0.25) is 4.79 Å². The molecule has 0 saturated carbocycles. The summed E-state index contributed by atoms with van der Waals surface area (Å²) in [5, 5.41) is 6.35. The number of anilines is 1. The summed E-state index contributed by atoms with van der Waals surface area (Å²) in [7, 11) is 1.58. The highest BCUT2D eigenvalue weighted by Crippen LogP contribution is 2.44. The van der Waals surface area contributed by atoms with Crippen molar-refractivity contribution in [3.63, 3.8) is 0 Å². The van der Waals surface area contributed by atoms with Gasteiger partial charge in [0.15, 0.2) is 0 Å². The summed E-state index contributed by atoms with van der Waals surface area (Å²) < 4.78 is 34.0. The molecule has 0 spiro atoms. The smallest absolute Gasteiger partial charge is 0.342 e. The summed E-state index contributed by atoms with van der Waals surface area (Å²) in [5.41, 5.74) is 3.25. The van der Waals surface area contributed by atoms with Gasteiger partial charge in [0, 0.05) is 12.0 Å². The van der Waals surface area contributed by atoms with E-state index < -0.39 is 30.0 Å². The summed E-state index contributed by atoms with van der Waals surface area (Å²) in [6.45, 7) is 0.312. The number of imidazole rings is 1. The van der Waals surface area contributed by atoms with Crippen LogP contribution in [0.4, 0.5) is 14.7 Å². The minimum atomic E-state index is -2.88. The Balaban J connectivity index is 1.59. The second-order valence-corrected chi connectivity index (χ2v) is 12.3. The SMILES string of the molecule is C=IC(F)(F)Sc1cccc(C(CC(=O)N[C@@H](COC)c2ccccc2)Nc2nc3ccccc3[nH]2)c1. The molecule has 0 aliphatic heterocycles. The van der Waals surface area contributed by atoms with Crippen LogP contribution >= 0.6 is 32.5 Å². The molecule has 4 aromatic rings. The second-order valence-electron chi connectivity index (χ2n) is 8.24. The predicted octanol–water partition coefficient (Wildman–Crippen LogP) is 6.66. The number of hydrogen-bond donors (Lipinski definition) is 3. The van der Waals surface area contributed by atoms with E-state index in [1.165, 1.54) is 0 Å². The molecular weight excluding hydrogens is 609 g/mol. The van der Waals surface area contributed by atoms with Gasteiger partial charge in [0.25, 0.3) is 0 Å². The number of para-hydroxylation sites is 2. The molecule has 0 bridgehead atoms. The lowest BCUT2D eigenvalue weighted by atomic mass is 10.0. The number of aromatic amines is 1. The average Bonchev–Trinajstić information content (AvgIpc) is 3.31. The van der Waals surface area contributed by atoms with Crippen molar-refractivity contribution in [1.82, 2.24) is 15.3 Å². The van der Waals surface area contributed by atoms with E-state index in [0.717, 1.165) is 16.6 Å². The molecule has 0 radical (unpaired) electrons. The van der Waals surface area contributed by atoms with Crippen molar-refractivity contribution in [2.24, 2.45) is 0 Å². The third-order valence-corrected chi connectivity index (χ3v) is 8.61. The molecule has 0 aliphatic carbocycles. The Kier molecular flexibility index (Phi) is 9.28. The normalized spacial score (nSPS) is 13.3. The Morgan fingerprint density at radius 1 is 1.08 bits per heavy atom. The lowest BCUT2D eigenvalue weighted by Gasteiger charge is -2.23. The van der Waals surface area contributed by atoms with Crippen LogP contribution in [0.15, 0.2) is 83.8 Å². The maximum Gasteiger partial charge on any atom is 0.342 e. The summed E-state index contributed by atoms with van der Waals surface area (Å²) in [4.78, 5) is 21.4. The van der Waals surface area contributed by atoms with Crippen molar-refractivity contribution in [3.8, 4) is 0 Å². The number of amides is 1. The van der Waals surface area contributed by atoms with Crippen LogP contribution in [0.25, 0.3) is 11.0 Å². The molecule has 194 valence electrons. The van der Waals surface area contributed by atoms with Crippen molar-refractivity contribution in [1.29, 1.82) is 0 Å². The van der Waals surface area contributed by atoms with E-state index in [1.54, 1.807) is 25.3 Å². The lowest BCUT2D eigenvalue weighted by molar-refractivity contribution is -0.122. The molecule has 1 heterocycles. The highest BCUT2D eigenvalue weighted by atomic mass is 127. The van der Waals surface area contributed by atoms with Crippen LogP contribution in [0, 0.1) is 0 Å². The van der Waals surface area contributed by atoms with Crippen molar-refractivity contribution < 1.29 is 18.3 Å². The van der Waals surface area contributed by atoms with Gasteiger partial charge in [-0.1, -0.05) is 59.1 Å². The third-order valence-electron chi connectivity index (χ3n) is 5.61. The first-order valence-electron chi connectivity index (χ1n) is 11.5. The van der Waals surface area contributed by atoms with Crippen LogP contribution in [0.1, 0.15) is 29.6 Å². The fourth-order valence-electron chi connectivity index (χ4n) is 3.91. The maximum atomic E-state index is 14.1. The molecule has 6 nitrogen and oxygen atoms in total. The number of halogens is 3. The zero-order valence-electron chi connectivity index (χ0n) is 20.1. The van der Waals surface area contributed by atoms with E-state index in [-0.39, 0.29) is 18.4 Å². The number of alkyl halides is 3. The van der Waals surface area contributed by atoms with Crippen molar-refractivity contribution >= 4 is 59.9 Å². The Hall–Kier alpha value is -2.83. The average molecular weight is 637 g/mol. The number of fused-ring (bicyclic) bond motifs is 1. The van der Waals surface area contributed by atoms with Crippen LogP contribution in [0.3, 0.4) is 0 Å². The van der Waals surface area contributed by atoms with Gasteiger partial charge in [0.05, 0.1) is 36.1 Å². The second kappa shape index (κ2) is 12.6. The number of rotatable bonds is 12. The number of hydrogen-bond acceptors (Lipinski definition) is 5. The summed E-state index contributed by atoms with van der Waals surface area (Å²) in [6.07, 6.45) is 0.0524. The highest BCUT2D eigenvalue weighted by molar-refractivity contribution is 14.2. The number of H-pyrrole nitrogens is 1. The number of benzene rings is 3. The number of carbonyl (C=O) groups is 1. The van der Waals surface area contributed by atoms with Crippen LogP contribution < -0.4 is 10.6 Å². The number of ether oxygens (including phenoxy) is 1. The number of methoxy groups -OCH3 is 1. The van der Waals surface area contributed by atoms with E-state index in [4.69, 9.17) is 4.74 Å². The molecule has 2 atom stereocenters. The van der Waals surface area contributed by atoms with Gasteiger partial charge in [0.1, 0.15) is 0 Å². The molecule has 37 heavy (non-hydrogen) atoms. The van der Waals surface area contributed by atoms with Gasteiger partial charge < -0.3 is 20.4 Å². The first-order valence-corrected chi connectivity index (χ1v) is 14.9. The van der Waals surface area contributed by atoms with E-state index in [2.05, 4.69) is 25.1 Å². The Labute approximate surface area is 228 Å². The van der Waals surface area contributed by atoms with Crippen molar-refractivity contribution in [2.45, 2.75) is 26.7 Å².